The zero-order chi connectivity index (χ0) is 33.4. The normalized spacial score (nSPS) is 12.3. The molecule has 4 aromatic rings. The number of benzene rings is 2. The highest BCUT2D eigenvalue weighted by Gasteiger charge is 2.20. The molecule has 2 heterocycles. The number of aromatic nitrogens is 3. The maximum absolute atomic E-state index is 14.8. The number of methoxy groups -OCH3 is 1. The Morgan fingerprint density at radius 3 is 2.59 bits per heavy atom. The summed E-state index contributed by atoms with van der Waals surface area (Å²) in [5.74, 6) is -3.14. The molecule has 0 saturated carbocycles. The minimum absolute atomic E-state index is 0.00126. The molecule has 0 saturated heterocycles. The molecule has 2 aromatic carbocycles. The highest BCUT2D eigenvalue weighted by Crippen LogP contribution is 2.31. The summed E-state index contributed by atoms with van der Waals surface area (Å²) in [6.45, 7) is 1.90. The van der Waals surface area contributed by atoms with Gasteiger partial charge in [0, 0.05) is 48.8 Å². The van der Waals surface area contributed by atoms with E-state index < -0.39 is 35.6 Å². The van der Waals surface area contributed by atoms with Crippen LogP contribution in [0.5, 0.6) is 5.75 Å². The van der Waals surface area contributed by atoms with E-state index in [1.54, 1.807) is 28.8 Å². The number of nitrogens with zero attached hydrogens (tertiary/aromatic N) is 3. The van der Waals surface area contributed by atoms with E-state index in [0.717, 1.165) is 0 Å². The Hall–Kier alpha value is -5.35. The van der Waals surface area contributed by atoms with Gasteiger partial charge in [0.15, 0.2) is 29.0 Å². The number of hydrogen-bond donors (Lipinski definition) is 8. The molecule has 2 atom stereocenters. The molecule has 14 nitrogen and oxygen atoms in total. The van der Waals surface area contributed by atoms with Gasteiger partial charge in [-0.1, -0.05) is 6.92 Å². The van der Waals surface area contributed by atoms with E-state index in [4.69, 9.17) is 21.6 Å². The Kier molecular flexibility index (Phi) is 11.0. The summed E-state index contributed by atoms with van der Waals surface area (Å²) in [5, 5.41) is 28.3. The molecule has 0 bridgehead atoms. The molecule has 46 heavy (non-hydrogen) atoms. The van der Waals surface area contributed by atoms with Crippen LogP contribution in [-0.2, 0) is 11.2 Å². The van der Waals surface area contributed by atoms with E-state index in [1.807, 2.05) is 6.92 Å². The molecular weight excluding hydrogens is 602 g/mol. The van der Waals surface area contributed by atoms with Gasteiger partial charge in [-0.3, -0.25) is 19.4 Å². The van der Waals surface area contributed by atoms with E-state index in [1.165, 1.54) is 31.6 Å². The fourth-order valence-corrected chi connectivity index (χ4v) is 4.64. The van der Waals surface area contributed by atoms with Crippen LogP contribution in [0, 0.1) is 17.0 Å². The van der Waals surface area contributed by atoms with Gasteiger partial charge in [0.05, 0.1) is 31.1 Å². The third-order valence-electron chi connectivity index (χ3n) is 7.08. The highest BCUT2D eigenvalue weighted by atomic mass is 19.2. The van der Waals surface area contributed by atoms with Crippen LogP contribution in [0.25, 0.3) is 16.9 Å². The van der Waals surface area contributed by atoms with Gasteiger partial charge in [-0.2, -0.15) is 4.39 Å². The number of amides is 2. The van der Waals surface area contributed by atoms with E-state index >= 15 is 0 Å². The van der Waals surface area contributed by atoms with Crippen LogP contribution in [0.2, 0.25) is 0 Å². The summed E-state index contributed by atoms with van der Waals surface area (Å²) in [5.41, 5.74) is 13.4. The third-order valence-corrected chi connectivity index (χ3v) is 7.08. The molecule has 16 heteroatoms. The monoisotopic (exact) mass is 638 g/mol. The quantitative estimate of drug-likeness (QED) is 0.0733. The minimum atomic E-state index is -1.10. The summed E-state index contributed by atoms with van der Waals surface area (Å²) in [4.78, 5) is 33.8. The van der Waals surface area contributed by atoms with Crippen molar-refractivity contribution in [3.8, 4) is 17.0 Å². The van der Waals surface area contributed by atoms with Crippen molar-refractivity contribution in [1.29, 1.82) is 5.41 Å². The molecule has 0 aliphatic carbocycles. The highest BCUT2D eigenvalue weighted by molar-refractivity contribution is 5.96. The van der Waals surface area contributed by atoms with Crippen molar-refractivity contribution in [2.75, 3.05) is 32.1 Å². The Bertz CT molecular complexity index is 1730. The predicted octanol–water partition coefficient (Wildman–Crippen LogP) is 1.40. The molecule has 1 unspecified atom stereocenters. The number of nitrogens with one attached hydrogen (secondary N) is 5. The number of hydrogen-bond acceptors (Lipinski definition) is 9. The molecule has 10 N–H and O–H groups in total. The number of aliphatic hydroxyl groups excluding tert-OH is 1. The average Bonchev–Trinajstić information content (AvgIpc) is 3.48. The SMILES string of the molecule is CCc1cc(Nc2nccn3c(-c4ccc(OC)c(F)c4F)cnc23)ccc1C(=O)NCC(O)CNC(=O)[C@@H](N)CCNC(=N)N. The Morgan fingerprint density at radius 2 is 1.87 bits per heavy atom. The van der Waals surface area contributed by atoms with E-state index in [9.17, 15) is 23.5 Å². The van der Waals surface area contributed by atoms with Gasteiger partial charge in [-0.25, -0.2) is 14.4 Å². The molecule has 0 aliphatic heterocycles. The lowest BCUT2D eigenvalue weighted by atomic mass is 10.0. The number of anilines is 2. The van der Waals surface area contributed by atoms with Crippen LogP contribution in [0.1, 0.15) is 29.3 Å². The number of ether oxygens (including phenoxy) is 1. The first-order valence-electron chi connectivity index (χ1n) is 14.4. The minimum Gasteiger partial charge on any atom is -0.494 e. The van der Waals surface area contributed by atoms with Gasteiger partial charge in [0.25, 0.3) is 5.91 Å². The van der Waals surface area contributed by atoms with Crippen molar-refractivity contribution in [2.24, 2.45) is 11.5 Å². The van der Waals surface area contributed by atoms with Gasteiger partial charge in [-0.15, -0.1) is 0 Å². The van der Waals surface area contributed by atoms with Crippen LogP contribution in [0.15, 0.2) is 48.9 Å². The number of rotatable bonds is 14. The predicted molar refractivity (Wildman–Crippen MR) is 168 cm³/mol. The zero-order valence-electron chi connectivity index (χ0n) is 25.2. The molecule has 4 rings (SSSR count). The number of aliphatic hydroxyl groups is 1. The number of imidazole rings is 1. The topological polar surface area (TPSA) is 218 Å². The molecular formula is C30H36F2N10O4. The standard InChI is InChI=1S/C30H36F2N10O4/c1-3-16-12-17(4-5-19(16)28(44)39-13-18(43)14-40-29(45)21(33)8-9-37-30(34)35)41-26-27-38-15-22(42(27)11-10-36-26)20-6-7-23(46-2)25(32)24(20)31/h4-7,10-12,15,18,21,43H,3,8-9,13-14,33H2,1-2H3,(H,36,41)(H,39,44)(H,40,45)(H4,34,35,37)/t18?,21-/m0/s1. The summed E-state index contributed by atoms with van der Waals surface area (Å²) in [6.07, 6.45) is 4.18. The summed E-state index contributed by atoms with van der Waals surface area (Å²) < 4.78 is 35.6. The van der Waals surface area contributed by atoms with Crippen LogP contribution >= 0.6 is 0 Å². The van der Waals surface area contributed by atoms with E-state index in [-0.39, 0.29) is 43.3 Å². The number of carbonyl (C=O) groups excluding carboxylic acids is 2. The van der Waals surface area contributed by atoms with Gasteiger partial charge in [0.1, 0.15) is 0 Å². The van der Waals surface area contributed by atoms with Crippen molar-refractivity contribution < 1.29 is 28.2 Å². The first-order valence-corrected chi connectivity index (χ1v) is 14.4. The van der Waals surface area contributed by atoms with Gasteiger partial charge < -0.3 is 42.6 Å². The smallest absolute Gasteiger partial charge is 0.251 e. The van der Waals surface area contributed by atoms with Crippen molar-refractivity contribution in [1.82, 2.24) is 30.3 Å². The number of nitrogens with two attached hydrogens (primary N) is 2. The molecule has 2 aromatic heterocycles. The first kappa shape index (κ1) is 33.5. The molecule has 0 spiro atoms. The largest absolute Gasteiger partial charge is 0.494 e. The van der Waals surface area contributed by atoms with Crippen molar-refractivity contribution >= 4 is 34.9 Å². The summed E-state index contributed by atoms with van der Waals surface area (Å²) >= 11 is 0. The Morgan fingerprint density at radius 1 is 1.11 bits per heavy atom. The second kappa shape index (κ2) is 15.1. The maximum atomic E-state index is 14.8. The molecule has 0 aliphatic rings. The van der Waals surface area contributed by atoms with Crippen molar-refractivity contribution in [2.45, 2.75) is 31.9 Å². The molecule has 244 valence electrons. The molecule has 0 radical (unpaired) electrons. The summed E-state index contributed by atoms with van der Waals surface area (Å²) in [6, 6.07) is 6.99. The van der Waals surface area contributed by atoms with Crippen molar-refractivity contribution in [3.05, 3.63) is 71.7 Å². The Labute approximate surface area is 263 Å². The third kappa shape index (κ3) is 7.83. The number of halogens is 2. The van der Waals surface area contributed by atoms with Crippen molar-refractivity contribution in [3.63, 3.8) is 0 Å². The lowest BCUT2D eigenvalue weighted by Crippen LogP contribution is -2.47. The fraction of sp³-hybridized carbons (Fsp3) is 0.300. The Balaban J connectivity index is 1.39. The second-order valence-corrected chi connectivity index (χ2v) is 10.3. The number of aryl methyl sites for hydroxylation is 1. The second-order valence-electron chi connectivity index (χ2n) is 10.3. The molecule has 2 amide bonds. The van der Waals surface area contributed by atoms with Crippen LogP contribution in [0.3, 0.4) is 0 Å². The lowest BCUT2D eigenvalue weighted by Gasteiger charge is -2.17. The number of guanidine groups is 1. The van der Waals surface area contributed by atoms with Gasteiger partial charge in [0.2, 0.25) is 11.7 Å². The van der Waals surface area contributed by atoms with Crippen LogP contribution in [0.4, 0.5) is 20.3 Å². The van der Waals surface area contributed by atoms with E-state index in [2.05, 4.69) is 31.2 Å². The van der Waals surface area contributed by atoms with Crippen LogP contribution < -0.4 is 37.5 Å². The maximum Gasteiger partial charge on any atom is 0.251 e. The lowest BCUT2D eigenvalue weighted by molar-refractivity contribution is -0.122. The average molecular weight is 639 g/mol. The molecule has 0 fully saturated rings. The fourth-order valence-electron chi connectivity index (χ4n) is 4.64. The zero-order valence-corrected chi connectivity index (χ0v) is 25.2. The van der Waals surface area contributed by atoms with Gasteiger partial charge in [-0.05, 0) is 48.7 Å². The summed E-state index contributed by atoms with van der Waals surface area (Å²) in [7, 11) is 1.26. The number of fused-ring (bicyclic) bond motifs is 1. The van der Waals surface area contributed by atoms with Gasteiger partial charge >= 0.3 is 0 Å². The van der Waals surface area contributed by atoms with Crippen LogP contribution in [-0.4, -0.2) is 76.1 Å². The number of carbonyl (C=O) groups is 2. The first-order chi connectivity index (χ1) is 22.0. The van der Waals surface area contributed by atoms with E-state index in [0.29, 0.717) is 40.4 Å².